The van der Waals surface area contributed by atoms with Crippen molar-refractivity contribution in [3.05, 3.63) is 16.4 Å². The predicted molar refractivity (Wildman–Crippen MR) is 85.1 cm³/mol. The third-order valence-electron chi connectivity index (χ3n) is 5.31. The summed E-state index contributed by atoms with van der Waals surface area (Å²) in [5.74, 6) is 2.48. The Bertz CT molecular complexity index is 566. The summed E-state index contributed by atoms with van der Waals surface area (Å²) in [5, 5.41) is 6.28. The highest BCUT2D eigenvalue weighted by atomic mass is 35.5. The largest absolute Gasteiger partial charge is 0.332 e. The van der Waals surface area contributed by atoms with Crippen LogP contribution in [-0.2, 0) is 0 Å². The van der Waals surface area contributed by atoms with E-state index in [4.69, 9.17) is 23.2 Å². The van der Waals surface area contributed by atoms with Gasteiger partial charge in [0.25, 0.3) is 0 Å². The van der Waals surface area contributed by atoms with Gasteiger partial charge in [0.05, 0.1) is 0 Å². The second kappa shape index (κ2) is 5.24. The Balaban J connectivity index is 1.46. The average Bonchev–Trinajstić information content (AvgIpc) is 2.33. The van der Waals surface area contributed by atoms with Crippen LogP contribution in [0.4, 0.5) is 10.7 Å². The molecular formula is C15H18Cl2N4O. The fraction of sp³-hybridized carbons (Fsp3) is 0.667. The summed E-state index contributed by atoms with van der Waals surface area (Å²) in [6.45, 7) is 0. The standard InChI is InChI=1S/C15H18Cl2N4O/c16-11-4-12(17)19-13(18-11)20-14(22)21-15-5-8-1-9(6-15)3-10(2-8)7-15/h4,8-10H,1-3,5-7H2,(H2,18,19,20,21,22). The molecule has 1 heterocycles. The molecule has 2 amide bonds. The number of rotatable bonds is 2. The van der Waals surface area contributed by atoms with Crippen LogP contribution >= 0.6 is 23.2 Å². The molecule has 4 bridgehead atoms. The van der Waals surface area contributed by atoms with E-state index in [0.29, 0.717) is 0 Å². The Morgan fingerprint density at radius 1 is 1.05 bits per heavy atom. The number of nitrogens with zero attached hydrogens (tertiary/aromatic N) is 2. The van der Waals surface area contributed by atoms with Crippen LogP contribution in [0.3, 0.4) is 0 Å². The Morgan fingerprint density at radius 2 is 1.55 bits per heavy atom. The van der Waals surface area contributed by atoms with Crippen LogP contribution in [0.5, 0.6) is 0 Å². The molecule has 5 nitrogen and oxygen atoms in total. The number of aromatic nitrogens is 2. The van der Waals surface area contributed by atoms with Gasteiger partial charge in [-0.3, -0.25) is 5.32 Å². The van der Waals surface area contributed by atoms with E-state index in [0.717, 1.165) is 37.0 Å². The van der Waals surface area contributed by atoms with E-state index in [1.54, 1.807) is 0 Å². The van der Waals surface area contributed by atoms with Crippen LogP contribution in [0.2, 0.25) is 10.3 Å². The third kappa shape index (κ3) is 2.76. The second-order valence-electron chi connectivity index (χ2n) is 7.11. The summed E-state index contributed by atoms with van der Waals surface area (Å²) >= 11 is 11.7. The number of carbonyl (C=O) groups is 1. The molecule has 7 heteroatoms. The second-order valence-corrected chi connectivity index (χ2v) is 7.89. The molecule has 4 aliphatic rings. The number of nitrogens with one attached hydrogen (secondary N) is 2. The molecule has 0 atom stereocenters. The molecular weight excluding hydrogens is 323 g/mol. The first-order valence-corrected chi connectivity index (χ1v) is 8.54. The monoisotopic (exact) mass is 340 g/mol. The molecule has 118 valence electrons. The van der Waals surface area contributed by atoms with E-state index < -0.39 is 0 Å². The van der Waals surface area contributed by atoms with Crippen LogP contribution < -0.4 is 10.6 Å². The van der Waals surface area contributed by atoms with E-state index in [2.05, 4.69) is 20.6 Å². The van der Waals surface area contributed by atoms with Crippen molar-refractivity contribution in [1.29, 1.82) is 0 Å². The molecule has 4 saturated carbocycles. The molecule has 0 unspecified atom stereocenters. The summed E-state index contributed by atoms with van der Waals surface area (Å²) in [6, 6.07) is 1.17. The number of hydrogen-bond donors (Lipinski definition) is 2. The highest BCUT2D eigenvalue weighted by molar-refractivity contribution is 6.33. The fourth-order valence-corrected chi connectivity index (χ4v) is 5.51. The summed E-state index contributed by atoms with van der Waals surface area (Å²) < 4.78 is 0. The maximum absolute atomic E-state index is 12.3. The molecule has 0 saturated heterocycles. The molecule has 2 N–H and O–H groups in total. The summed E-state index contributed by atoms with van der Waals surface area (Å²) in [5.41, 5.74) is -0.0405. The zero-order valence-electron chi connectivity index (χ0n) is 12.1. The van der Waals surface area contributed by atoms with Gasteiger partial charge in [-0.05, 0) is 56.3 Å². The smallest absolute Gasteiger partial charge is 0.322 e. The van der Waals surface area contributed by atoms with Crippen molar-refractivity contribution in [2.24, 2.45) is 17.8 Å². The lowest BCUT2D eigenvalue weighted by Gasteiger charge is -2.56. The lowest BCUT2D eigenvalue weighted by molar-refractivity contribution is -0.0127. The Kier molecular flexibility index (Phi) is 3.46. The summed E-state index contributed by atoms with van der Waals surface area (Å²) in [4.78, 5) is 20.3. The molecule has 0 aliphatic heterocycles. The highest BCUT2D eigenvalue weighted by Crippen LogP contribution is 2.55. The Labute approximate surface area is 139 Å². The summed E-state index contributed by atoms with van der Waals surface area (Å²) in [6.07, 6.45) is 7.33. The minimum Gasteiger partial charge on any atom is -0.332 e. The topological polar surface area (TPSA) is 66.9 Å². The van der Waals surface area contributed by atoms with E-state index >= 15 is 0 Å². The van der Waals surface area contributed by atoms with Crippen molar-refractivity contribution in [3.63, 3.8) is 0 Å². The van der Waals surface area contributed by atoms with Crippen molar-refractivity contribution in [2.75, 3.05) is 5.32 Å². The van der Waals surface area contributed by atoms with Gasteiger partial charge in [-0.25, -0.2) is 14.8 Å². The van der Waals surface area contributed by atoms with Gasteiger partial charge in [-0.2, -0.15) is 0 Å². The van der Waals surface area contributed by atoms with E-state index in [-0.39, 0.29) is 27.8 Å². The lowest BCUT2D eigenvalue weighted by Crippen LogP contribution is -2.60. The zero-order valence-corrected chi connectivity index (χ0v) is 13.6. The quantitative estimate of drug-likeness (QED) is 0.803. The number of amides is 2. The van der Waals surface area contributed by atoms with E-state index in [9.17, 15) is 4.79 Å². The van der Waals surface area contributed by atoms with E-state index in [1.807, 2.05) is 0 Å². The fourth-order valence-electron chi connectivity index (χ4n) is 5.08. The van der Waals surface area contributed by atoms with Crippen molar-refractivity contribution in [2.45, 2.75) is 44.1 Å². The maximum Gasteiger partial charge on any atom is 0.322 e. The maximum atomic E-state index is 12.3. The lowest BCUT2D eigenvalue weighted by atomic mass is 9.53. The van der Waals surface area contributed by atoms with Gasteiger partial charge in [0.15, 0.2) is 0 Å². The van der Waals surface area contributed by atoms with Gasteiger partial charge in [0, 0.05) is 11.6 Å². The van der Waals surface area contributed by atoms with Gasteiger partial charge in [-0.15, -0.1) is 0 Å². The van der Waals surface area contributed by atoms with Crippen LogP contribution in [0, 0.1) is 17.8 Å². The number of urea groups is 1. The molecule has 1 aromatic heterocycles. The first-order valence-electron chi connectivity index (χ1n) is 7.79. The van der Waals surface area contributed by atoms with Gasteiger partial charge >= 0.3 is 6.03 Å². The van der Waals surface area contributed by atoms with Crippen molar-refractivity contribution in [3.8, 4) is 0 Å². The molecule has 0 aromatic carbocycles. The minimum atomic E-state index is -0.264. The SMILES string of the molecule is O=C(Nc1nc(Cl)cc(Cl)n1)NC12CC3CC(CC(C3)C1)C2. The van der Waals surface area contributed by atoms with Crippen LogP contribution in [0.1, 0.15) is 38.5 Å². The third-order valence-corrected chi connectivity index (χ3v) is 5.69. The molecule has 5 rings (SSSR count). The Morgan fingerprint density at radius 3 is 2.05 bits per heavy atom. The molecule has 4 fully saturated rings. The van der Waals surface area contributed by atoms with E-state index in [1.165, 1.54) is 25.3 Å². The predicted octanol–water partition coefficient (Wildman–Crippen LogP) is 3.87. The average molecular weight is 341 g/mol. The molecule has 0 spiro atoms. The minimum absolute atomic E-state index is 0.0405. The normalized spacial score (nSPS) is 35.5. The number of halogens is 2. The van der Waals surface area contributed by atoms with Gasteiger partial charge < -0.3 is 5.32 Å². The highest BCUT2D eigenvalue weighted by Gasteiger charge is 2.51. The zero-order chi connectivity index (χ0) is 15.3. The Hall–Kier alpha value is -1.07. The molecule has 4 aliphatic carbocycles. The summed E-state index contributed by atoms with van der Waals surface area (Å²) in [7, 11) is 0. The van der Waals surface area contributed by atoms with Gasteiger partial charge in [0.2, 0.25) is 5.95 Å². The van der Waals surface area contributed by atoms with Crippen molar-refractivity contribution in [1.82, 2.24) is 15.3 Å². The number of hydrogen-bond acceptors (Lipinski definition) is 3. The first-order chi connectivity index (χ1) is 10.5. The van der Waals surface area contributed by atoms with Crippen LogP contribution in [0.15, 0.2) is 6.07 Å². The first kappa shape index (κ1) is 14.5. The number of anilines is 1. The molecule has 0 radical (unpaired) electrons. The van der Waals surface area contributed by atoms with Gasteiger partial charge in [-0.1, -0.05) is 23.2 Å². The number of carbonyl (C=O) groups excluding carboxylic acids is 1. The molecule has 22 heavy (non-hydrogen) atoms. The van der Waals surface area contributed by atoms with Crippen molar-refractivity contribution < 1.29 is 4.79 Å². The van der Waals surface area contributed by atoms with Gasteiger partial charge in [0.1, 0.15) is 10.3 Å². The van der Waals surface area contributed by atoms with Crippen LogP contribution in [0.25, 0.3) is 0 Å². The molecule has 1 aromatic rings. The van der Waals surface area contributed by atoms with Crippen molar-refractivity contribution >= 4 is 35.2 Å². The van der Waals surface area contributed by atoms with Crippen LogP contribution in [-0.4, -0.2) is 21.5 Å².